The number of halogens is 3. The van der Waals surface area contributed by atoms with Crippen LogP contribution in [0.25, 0.3) is 0 Å². The molecular formula is C25H28F3NO4. The molecule has 1 aliphatic carbocycles. The summed E-state index contributed by atoms with van der Waals surface area (Å²) in [6.07, 6.45) is -2.55. The summed E-state index contributed by atoms with van der Waals surface area (Å²) in [5.74, 6) is -2.14. The number of hydrogen-bond donors (Lipinski definition) is 1. The number of benzene rings is 1. The normalized spacial score (nSPS) is 25.1. The van der Waals surface area contributed by atoms with Gasteiger partial charge in [0.2, 0.25) is 0 Å². The molecule has 2 aliphatic heterocycles. The van der Waals surface area contributed by atoms with E-state index in [1.807, 2.05) is 13.8 Å². The van der Waals surface area contributed by atoms with E-state index in [1.54, 1.807) is 6.92 Å². The molecule has 1 aromatic carbocycles. The van der Waals surface area contributed by atoms with Gasteiger partial charge in [0.15, 0.2) is 5.78 Å². The number of dihydropyridines is 1. The van der Waals surface area contributed by atoms with Crippen LogP contribution in [0.3, 0.4) is 0 Å². The van der Waals surface area contributed by atoms with E-state index in [0.717, 1.165) is 18.9 Å². The maximum atomic E-state index is 14.0. The maximum Gasteiger partial charge on any atom is 0.416 e. The average molecular weight is 463 g/mol. The summed E-state index contributed by atoms with van der Waals surface area (Å²) in [6.45, 7) is 6.14. The fourth-order valence-corrected chi connectivity index (χ4v) is 5.05. The highest BCUT2D eigenvalue weighted by atomic mass is 19.4. The third-order valence-electron chi connectivity index (χ3n) is 6.46. The van der Waals surface area contributed by atoms with Crippen LogP contribution in [0.1, 0.15) is 63.5 Å². The first-order valence-electron chi connectivity index (χ1n) is 11.2. The van der Waals surface area contributed by atoms with Crippen LogP contribution in [-0.4, -0.2) is 31.1 Å². The molecule has 1 aromatic rings. The van der Waals surface area contributed by atoms with E-state index in [2.05, 4.69) is 5.32 Å². The Labute approximate surface area is 191 Å². The molecule has 0 aromatic heterocycles. The molecule has 0 saturated carbocycles. The molecule has 8 heteroatoms. The molecule has 2 atom stereocenters. The van der Waals surface area contributed by atoms with Crippen LogP contribution in [0.5, 0.6) is 0 Å². The SMILES string of the molecule is CC1=C(C(=O)OC[C@@H]2CCCO2)[C@H](c2ccccc2C(F)(F)F)C2=C(CC(C)(C)CC2=O)N1. The zero-order valence-corrected chi connectivity index (χ0v) is 19.0. The summed E-state index contributed by atoms with van der Waals surface area (Å²) in [5, 5.41) is 3.15. The first kappa shape index (κ1) is 23.5. The number of ether oxygens (including phenoxy) is 2. The van der Waals surface area contributed by atoms with Crippen molar-refractivity contribution in [3.63, 3.8) is 0 Å². The van der Waals surface area contributed by atoms with Crippen LogP contribution in [0, 0.1) is 5.41 Å². The Morgan fingerprint density at radius 1 is 1.24 bits per heavy atom. The molecule has 33 heavy (non-hydrogen) atoms. The van der Waals surface area contributed by atoms with E-state index < -0.39 is 23.6 Å². The van der Waals surface area contributed by atoms with E-state index in [1.165, 1.54) is 18.2 Å². The van der Waals surface area contributed by atoms with Gasteiger partial charge in [-0.1, -0.05) is 32.0 Å². The van der Waals surface area contributed by atoms with Gasteiger partial charge in [-0.2, -0.15) is 13.2 Å². The van der Waals surface area contributed by atoms with Crippen LogP contribution in [0.4, 0.5) is 13.2 Å². The van der Waals surface area contributed by atoms with Gasteiger partial charge >= 0.3 is 12.1 Å². The fourth-order valence-electron chi connectivity index (χ4n) is 5.05. The Morgan fingerprint density at radius 3 is 2.64 bits per heavy atom. The highest BCUT2D eigenvalue weighted by Crippen LogP contribution is 2.49. The summed E-state index contributed by atoms with van der Waals surface area (Å²) in [5.41, 5.74) is -0.0778. The summed E-state index contributed by atoms with van der Waals surface area (Å²) in [6, 6.07) is 5.13. The number of carbonyl (C=O) groups is 2. The minimum absolute atomic E-state index is 0.0239. The van der Waals surface area contributed by atoms with Gasteiger partial charge in [-0.3, -0.25) is 4.79 Å². The number of rotatable bonds is 4. The molecule has 4 rings (SSSR count). The molecule has 178 valence electrons. The molecule has 0 unspecified atom stereocenters. The van der Waals surface area contributed by atoms with E-state index >= 15 is 0 Å². The lowest BCUT2D eigenvalue weighted by Crippen LogP contribution is -2.39. The lowest BCUT2D eigenvalue weighted by molar-refractivity contribution is -0.143. The highest BCUT2D eigenvalue weighted by Gasteiger charge is 2.46. The number of allylic oxidation sites excluding steroid dienone is 3. The molecule has 0 spiro atoms. The Hall–Kier alpha value is -2.61. The van der Waals surface area contributed by atoms with Gasteiger partial charge in [-0.15, -0.1) is 0 Å². The van der Waals surface area contributed by atoms with E-state index in [0.29, 0.717) is 24.4 Å². The molecule has 1 fully saturated rings. The molecule has 0 radical (unpaired) electrons. The van der Waals surface area contributed by atoms with Crippen LogP contribution in [-0.2, 0) is 25.2 Å². The van der Waals surface area contributed by atoms with Gasteiger partial charge < -0.3 is 14.8 Å². The molecule has 1 N–H and O–H groups in total. The summed E-state index contributed by atoms with van der Waals surface area (Å²) < 4.78 is 52.9. The van der Waals surface area contributed by atoms with Gasteiger partial charge in [0.05, 0.1) is 17.2 Å². The third-order valence-corrected chi connectivity index (χ3v) is 6.46. The topological polar surface area (TPSA) is 64.6 Å². The van der Waals surface area contributed by atoms with Crippen molar-refractivity contribution in [2.75, 3.05) is 13.2 Å². The van der Waals surface area contributed by atoms with Crippen LogP contribution in [0.2, 0.25) is 0 Å². The lowest BCUT2D eigenvalue weighted by atomic mass is 9.68. The number of alkyl halides is 3. The van der Waals surface area contributed by atoms with Gasteiger partial charge in [-0.25, -0.2) is 4.79 Å². The predicted octanol–water partition coefficient (Wildman–Crippen LogP) is 5.03. The van der Waals surface area contributed by atoms with Crippen LogP contribution in [0.15, 0.2) is 46.8 Å². The highest BCUT2D eigenvalue weighted by molar-refractivity contribution is 6.04. The Morgan fingerprint density at radius 2 is 1.97 bits per heavy atom. The number of hydrogen-bond acceptors (Lipinski definition) is 5. The second-order valence-electron chi connectivity index (χ2n) is 9.75. The van der Waals surface area contributed by atoms with Crippen molar-refractivity contribution in [3.05, 3.63) is 57.9 Å². The van der Waals surface area contributed by atoms with E-state index in [4.69, 9.17) is 9.47 Å². The van der Waals surface area contributed by atoms with Gasteiger partial charge in [-0.05, 0) is 43.2 Å². The molecule has 0 bridgehead atoms. The quantitative estimate of drug-likeness (QED) is 0.635. The molecule has 1 saturated heterocycles. The number of carbonyl (C=O) groups excluding carboxylic acids is 2. The summed E-state index contributed by atoms with van der Waals surface area (Å²) in [4.78, 5) is 26.5. The van der Waals surface area contributed by atoms with E-state index in [-0.39, 0.29) is 47.0 Å². The predicted molar refractivity (Wildman–Crippen MR) is 115 cm³/mol. The van der Waals surface area contributed by atoms with Crippen molar-refractivity contribution >= 4 is 11.8 Å². The average Bonchev–Trinajstić information content (AvgIpc) is 3.23. The number of nitrogens with one attached hydrogen (secondary N) is 1. The maximum absolute atomic E-state index is 14.0. The molecule has 2 heterocycles. The largest absolute Gasteiger partial charge is 0.459 e. The molecular weight excluding hydrogens is 435 g/mol. The standard InChI is InChI=1S/C25H28F3NO4/c1-14-20(23(31)33-13-15-7-6-10-32-15)21(16-8-4-5-9-17(16)25(26,27)28)22-18(29-14)11-24(2,3)12-19(22)30/h4-5,8-9,15,21,29H,6-7,10-13H2,1-3H3/t15-,21-/m0/s1. The van der Waals surface area contributed by atoms with Crippen molar-refractivity contribution in [1.82, 2.24) is 5.32 Å². The Kier molecular flexibility index (Phi) is 6.16. The van der Waals surface area contributed by atoms with Crippen molar-refractivity contribution in [1.29, 1.82) is 0 Å². The zero-order valence-electron chi connectivity index (χ0n) is 19.0. The number of Topliss-reactive ketones (excluding diaryl/α,β-unsaturated/α-hetero) is 1. The lowest BCUT2D eigenvalue weighted by Gasteiger charge is -2.40. The minimum Gasteiger partial charge on any atom is -0.459 e. The third kappa shape index (κ3) is 4.71. The van der Waals surface area contributed by atoms with Crippen molar-refractivity contribution in [3.8, 4) is 0 Å². The Bertz CT molecular complexity index is 1030. The van der Waals surface area contributed by atoms with E-state index in [9.17, 15) is 22.8 Å². The number of esters is 1. The van der Waals surface area contributed by atoms with Crippen molar-refractivity contribution in [2.45, 2.75) is 64.7 Å². The molecule has 5 nitrogen and oxygen atoms in total. The van der Waals surface area contributed by atoms with Gasteiger partial charge in [0.25, 0.3) is 0 Å². The van der Waals surface area contributed by atoms with Gasteiger partial charge in [0.1, 0.15) is 6.61 Å². The van der Waals surface area contributed by atoms with Crippen LogP contribution < -0.4 is 5.32 Å². The summed E-state index contributed by atoms with van der Waals surface area (Å²) >= 11 is 0. The molecule has 3 aliphatic rings. The summed E-state index contributed by atoms with van der Waals surface area (Å²) in [7, 11) is 0. The fraction of sp³-hybridized carbons (Fsp3) is 0.520. The second kappa shape index (κ2) is 8.63. The monoisotopic (exact) mass is 463 g/mol. The van der Waals surface area contributed by atoms with Crippen LogP contribution >= 0.6 is 0 Å². The first-order valence-corrected chi connectivity index (χ1v) is 11.2. The first-order chi connectivity index (χ1) is 15.5. The number of ketones is 1. The van der Waals surface area contributed by atoms with Crippen molar-refractivity contribution < 1.29 is 32.2 Å². The Balaban J connectivity index is 1.81. The van der Waals surface area contributed by atoms with Gasteiger partial charge in [0, 0.05) is 35.9 Å². The smallest absolute Gasteiger partial charge is 0.416 e. The van der Waals surface area contributed by atoms with Crippen molar-refractivity contribution in [2.24, 2.45) is 5.41 Å². The zero-order chi connectivity index (χ0) is 24.0. The second-order valence-corrected chi connectivity index (χ2v) is 9.75. The minimum atomic E-state index is -4.64. The molecule has 0 amide bonds.